The standard InChI is InChI=1S/C44H45N3O7/c1-3-5-20-37(49)53-28-34(30-15-8-6-9-16-30)45-41(50)38-36-23-24-44(54-36)39(38)42(51)47(35(27-48)31-17-10-7-11-18-31)40(44)43(52)46(25-4-2)33-22-21-29-14-12-13-19-32(29)26-33/h3-4,6-19,21-22,26,34-36,38-40,48H,1-2,5,20,23-25,27-28H2,(H,45,50)/t34-,35-,36-,38+,39+,40-,44+/m1/s1. The van der Waals surface area contributed by atoms with E-state index in [1.54, 1.807) is 17.1 Å². The Morgan fingerprint density at radius 2 is 1.63 bits per heavy atom. The van der Waals surface area contributed by atoms with Crippen LogP contribution in [-0.2, 0) is 28.7 Å². The number of likely N-dealkylation sites (tertiary alicyclic amines) is 1. The Kier molecular flexibility index (Phi) is 10.8. The second kappa shape index (κ2) is 15.8. The minimum Gasteiger partial charge on any atom is -0.463 e. The van der Waals surface area contributed by atoms with Crippen LogP contribution in [-0.4, -0.2) is 71.2 Å². The number of nitrogens with one attached hydrogen (secondary N) is 1. The van der Waals surface area contributed by atoms with Crippen LogP contribution in [0.25, 0.3) is 10.8 Å². The maximum absolute atomic E-state index is 15.2. The van der Waals surface area contributed by atoms with E-state index in [0.29, 0.717) is 30.5 Å². The third kappa shape index (κ3) is 6.71. The van der Waals surface area contributed by atoms with Gasteiger partial charge in [-0.05, 0) is 53.3 Å². The molecule has 0 aliphatic carbocycles. The lowest BCUT2D eigenvalue weighted by Gasteiger charge is -2.39. The van der Waals surface area contributed by atoms with Crippen LogP contribution in [0.1, 0.15) is 48.9 Å². The number of aliphatic hydroxyl groups excluding tert-OH is 1. The van der Waals surface area contributed by atoms with Gasteiger partial charge in [-0.3, -0.25) is 19.2 Å². The molecule has 0 unspecified atom stereocenters. The van der Waals surface area contributed by atoms with Crippen molar-refractivity contribution in [2.45, 2.75) is 55.5 Å². The molecule has 3 fully saturated rings. The van der Waals surface area contributed by atoms with Crippen molar-refractivity contribution in [3.05, 3.63) is 140 Å². The molecule has 2 N–H and O–H groups in total. The zero-order valence-electron chi connectivity index (χ0n) is 30.1. The number of carbonyl (C=O) groups excluding carboxylic acids is 4. The Bertz CT molecular complexity index is 2040. The fourth-order valence-corrected chi connectivity index (χ4v) is 8.62. The molecule has 3 aliphatic rings. The lowest BCUT2D eigenvalue weighted by Crippen LogP contribution is -2.57. The second-order valence-electron chi connectivity index (χ2n) is 14.2. The first-order chi connectivity index (χ1) is 26.3. The molecule has 0 radical (unpaired) electrons. The van der Waals surface area contributed by atoms with E-state index in [4.69, 9.17) is 9.47 Å². The summed E-state index contributed by atoms with van der Waals surface area (Å²) in [5.41, 5.74) is 0.676. The highest BCUT2D eigenvalue weighted by molar-refractivity contribution is 6.06. The van der Waals surface area contributed by atoms with Crippen LogP contribution in [0.5, 0.6) is 0 Å². The molecule has 1 spiro atoms. The van der Waals surface area contributed by atoms with Crippen LogP contribution < -0.4 is 10.2 Å². The molecule has 3 saturated heterocycles. The SMILES string of the molecule is C=CCCC(=O)OC[C@@H](NC(=O)[C@@H]1[C@H]2C(=O)N([C@H](CO)c3ccccc3)[C@H](C(=O)N(CC=C)c3ccc4ccccc4c3)[C@]23CC[C@H]1O3)c1ccccc1. The van der Waals surface area contributed by atoms with Gasteiger partial charge in [0.25, 0.3) is 5.91 Å². The number of carbonyl (C=O) groups is 4. The number of benzene rings is 4. The van der Waals surface area contributed by atoms with Crippen molar-refractivity contribution in [3.8, 4) is 0 Å². The average Bonchev–Trinajstić information content (AvgIpc) is 3.85. The summed E-state index contributed by atoms with van der Waals surface area (Å²) in [5.74, 6) is -3.59. The average molecular weight is 728 g/mol. The van der Waals surface area contributed by atoms with E-state index in [-0.39, 0.29) is 25.5 Å². The normalized spacial score (nSPS) is 23.7. The number of nitrogens with zero attached hydrogens (tertiary/aromatic N) is 2. The first-order valence-corrected chi connectivity index (χ1v) is 18.5. The van der Waals surface area contributed by atoms with Crippen molar-refractivity contribution in [1.29, 1.82) is 0 Å². The van der Waals surface area contributed by atoms with Gasteiger partial charge in [-0.2, -0.15) is 0 Å². The lowest BCUT2D eigenvalue weighted by atomic mass is 9.70. The number of fused-ring (bicyclic) bond motifs is 2. The summed E-state index contributed by atoms with van der Waals surface area (Å²) in [6.45, 7) is 7.19. The molecule has 3 amide bonds. The van der Waals surface area contributed by atoms with Gasteiger partial charge in [0.05, 0.1) is 36.6 Å². The largest absolute Gasteiger partial charge is 0.463 e. The molecule has 54 heavy (non-hydrogen) atoms. The molecular weight excluding hydrogens is 682 g/mol. The summed E-state index contributed by atoms with van der Waals surface area (Å²) in [4.78, 5) is 60.3. The van der Waals surface area contributed by atoms with Crippen LogP contribution in [0, 0.1) is 11.8 Å². The van der Waals surface area contributed by atoms with Gasteiger partial charge in [-0.15, -0.1) is 13.2 Å². The monoisotopic (exact) mass is 727 g/mol. The predicted molar refractivity (Wildman–Crippen MR) is 205 cm³/mol. The van der Waals surface area contributed by atoms with E-state index in [9.17, 15) is 14.7 Å². The van der Waals surface area contributed by atoms with E-state index in [1.807, 2.05) is 103 Å². The number of allylic oxidation sites excluding steroid dienone is 1. The Morgan fingerprint density at radius 3 is 2.31 bits per heavy atom. The number of esters is 1. The zero-order valence-corrected chi connectivity index (χ0v) is 30.1. The summed E-state index contributed by atoms with van der Waals surface area (Å²) in [6, 6.07) is 29.2. The number of aliphatic hydroxyl groups is 1. The van der Waals surface area contributed by atoms with Crippen LogP contribution >= 0.6 is 0 Å². The molecule has 0 aromatic heterocycles. The summed E-state index contributed by atoms with van der Waals surface area (Å²) in [5, 5.41) is 16.0. The van der Waals surface area contributed by atoms with Crippen molar-refractivity contribution in [1.82, 2.24) is 10.2 Å². The smallest absolute Gasteiger partial charge is 0.306 e. The summed E-state index contributed by atoms with van der Waals surface area (Å²) < 4.78 is 12.4. The van der Waals surface area contributed by atoms with E-state index < -0.39 is 66.1 Å². The molecule has 278 valence electrons. The van der Waals surface area contributed by atoms with Gasteiger partial charge in [0, 0.05) is 18.7 Å². The van der Waals surface area contributed by atoms with Gasteiger partial charge in [0.1, 0.15) is 18.2 Å². The third-order valence-corrected chi connectivity index (χ3v) is 11.1. The predicted octanol–water partition coefficient (Wildman–Crippen LogP) is 5.83. The van der Waals surface area contributed by atoms with Crippen molar-refractivity contribution >= 4 is 40.2 Å². The van der Waals surface area contributed by atoms with E-state index in [2.05, 4.69) is 18.5 Å². The molecular formula is C44H45N3O7. The van der Waals surface area contributed by atoms with Crippen LogP contribution in [0.15, 0.2) is 128 Å². The van der Waals surface area contributed by atoms with Crippen molar-refractivity contribution in [2.75, 3.05) is 24.7 Å². The first-order valence-electron chi connectivity index (χ1n) is 18.5. The first kappa shape index (κ1) is 36.8. The molecule has 7 rings (SSSR count). The third-order valence-electron chi connectivity index (χ3n) is 11.1. The minimum atomic E-state index is -1.33. The summed E-state index contributed by atoms with van der Waals surface area (Å²) >= 11 is 0. The number of hydrogen-bond acceptors (Lipinski definition) is 7. The highest BCUT2D eigenvalue weighted by atomic mass is 16.5. The van der Waals surface area contributed by atoms with Crippen molar-refractivity contribution in [3.63, 3.8) is 0 Å². The molecule has 4 aromatic rings. The molecule has 3 aliphatic heterocycles. The highest BCUT2D eigenvalue weighted by Gasteiger charge is 2.75. The van der Waals surface area contributed by atoms with Gasteiger partial charge < -0.3 is 29.7 Å². The van der Waals surface area contributed by atoms with E-state index in [1.165, 1.54) is 4.90 Å². The van der Waals surface area contributed by atoms with E-state index in [0.717, 1.165) is 16.3 Å². The molecule has 3 heterocycles. The lowest BCUT2D eigenvalue weighted by molar-refractivity contribution is -0.146. The molecule has 10 nitrogen and oxygen atoms in total. The zero-order chi connectivity index (χ0) is 37.8. The fourth-order valence-electron chi connectivity index (χ4n) is 8.62. The molecule has 7 atom stereocenters. The van der Waals surface area contributed by atoms with Crippen LogP contribution in [0.3, 0.4) is 0 Å². The van der Waals surface area contributed by atoms with Gasteiger partial charge in [-0.1, -0.05) is 103 Å². The van der Waals surface area contributed by atoms with Crippen LogP contribution in [0.2, 0.25) is 0 Å². The molecule has 10 heteroatoms. The summed E-state index contributed by atoms with van der Waals surface area (Å²) in [6.07, 6.45) is 4.12. The molecule has 0 saturated carbocycles. The number of ether oxygens (including phenoxy) is 2. The number of hydrogen-bond donors (Lipinski definition) is 2. The molecule has 2 bridgehead atoms. The highest BCUT2D eigenvalue weighted by Crippen LogP contribution is 2.60. The number of anilines is 1. The van der Waals surface area contributed by atoms with Crippen molar-refractivity contribution in [2.24, 2.45) is 11.8 Å². The topological polar surface area (TPSA) is 125 Å². The minimum absolute atomic E-state index is 0.107. The Balaban J connectivity index is 1.26. The maximum Gasteiger partial charge on any atom is 0.306 e. The van der Waals surface area contributed by atoms with E-state index >= 15 is 9.59 Å². The van der Waals surface area contributed by atoms with Gasteiger partial charge in [0.2, 0.25) is 11.8 Å². The second-order valence-corrected chi connectivity index (χ2v) is 14.2. The van der Waals surface area contributed by atoms with Gasteiger partial charge in [-0.25, -0.2) is 0 Å². The Hall–Kier alpha value is -5.58. The molecule has 4 aromatic carbocycles. The fraction of sp³-hybridized carbons (Fsp3) is 0.318. The van der Waals surface area contributed by atoms with Crippen molar-refractivity contribution < 1.29 is 33.8 Å². The number of rotatable bonds is 15. The Labute approximate surface area is 315 Å². The van der Waals surface area contributed by atoms with Gasteiger partial charge in [0.15, 0.2) is 0 Å². The van der Waals surface area contributed by atoms with Gasteiger partial charge >= 0.3 is 5.97 Å². The number of amides is 3. The summed E-state index contributed by atoms with van der Waals surface area (Å²) in [7, 11) is 0. The Morgan fingerprint density at radius 1 is 0.944 bits per heavy atom. The quantitative estimate of drug-likeness (QED) is 0.117. The maximum atomic E-state index is 15.2. The van der Waals surface area contributed by atoms with Crippen LogP contribution in [0.4, 0.5) is 5.69 Å².